The van der Waals surface area contributed by atoms with Gasteiger partial charge in [-0.15, -0.1) is 11.3 Å². The Labute approximate surface area is 183 Å². The van der Waals surface area contributed by atoms with Gasteiger partial charge >= 0.3 is 0 Å². The van der Waals surface area contributed by atoms with Gasteiger partial charge in [-0.05, 0) is 35.4 Å². The fourth-order valence-corrected chi connectivity index (χ4v) is 5.63. The van der Waals surface area contributed by atoms with Crippen LogP contribution in [0, 0.1) is 24.2 Å². The summed E-state index contributed by atoms with van der Waals surface area (Å²) < 4.78 is 0. The molecule has 2 aromatic rings. The molecule has 1 spiro atoms. The molecule has 2 fully saturated rings. The molecular formula is C24H31N3O2S. The molecule has 0 saturated carbocycles. The van der Waals surface area contributed by atoms with Gasteiger partial charge in [0, 0.05) is 44.7 Å². The van der Waals surface area contributed by atoms with Gasteiger partial charge in [-0.1, -0.05) is 44.2 Å². The third-order valence-electron chi connectivity index (χ3n) is 6.32. The highest BCUT2D eigenvalue weighted by atomic mass is 32.1. The minimum absolute atomic E-state index is 0.0755. The van der Waals surface area contributed by atoms with Crippen molar-refractivity contribution in [1.29, 1.82) is 0 Å². The highest BCUT2D eigenvalue weighted by Crippen LogP contribution is 2.45. The van der Waals surface area contributed by atoms with Crippen molar-refractivity contribution >= 4 is 23.2 Å². The zero-order chi connectivity index (χ0) is 21.3. The molecule has 0 aliphatic carbocycles. The molecule has 2 saturated heterocycles. The Morgan fingerprint density at radius 2 is 1.90 bits per heavy atom. The zero-order valence-electron chi connectivity index (χ0n) is 18.1. The molecule has 30 heavy (non-hydrogen) atoms. The van der Waals surface area contributed by atoms with Crippen molar-refractivity contribution in [3.05, 3.63) is 57.8 Å². The van der Waals surface area contributed by atoms with Crippen LogP contribution in [0.15, 0.2) is 41.8 Å². The third-order valence-corrected chi connectivity index (χ3v) is 7.33. The van der Waals surface area contributed by atoms with Crippen LogP contribution in [-0.2, 0) is 11.3 Å². The topological polar surface area (TPSA) is 52.7 Å². The van der Waals surface area contributed by atoms with Crippen molar-refractivity contribution < 1.29 is 9.59 Å². The normalized spacial score (nSPS) is 20.5. The second-order valence-corrected chi connectivity index (χ2v) is 10.2. The summed E-state index contributed by atoms with van der Waals surface area (Å²) in [6.07, 6.45) is 0. The maximum atomic E-state index is 13.1. The van der Waals surface area contributed by atoms with Crippen molar-refractivity contribution in [2.24, 2.45) is 17.3 Å². The van der Waals surface area contributed by atoms with E-state index in [0.29, 0.717) is 25.6 Å². The lowest BCUT2D eigenvalue weighted by Crippen LogP contribution is -2.64. The molecule has 5 nitrogen and oxygen atoms in total. The van der Waals surface area contributed by atoms with Crippen LogP contribution in [0.2, 0.25) is 0 Å². The minimum Gasteiger partial charge on any atom is -0.356 e. The summed E-state index contributed by atoms with van der Waals surface area (Å²) in [6.45, 7) is 10.7. The summed E-state index contributed by atoms with van der Waals surface area (Å²) in [4.78, 5) is 31.1. The molecule has 4 rings (SSSR count). The van der Waals surface area contributed by atoms with Crippen LogP contribution in [0.25, 0.3) is 0 Å². The quantitative estimate of drug-likeness (QED) is 0.772. The molecule has 1 atom stereocenters. The van der Waals surface area contributed by atoms with E-state index >= 15 is 0 Å². The predicted molar refractivity (Wildman–Crippen MR) is 120 cm³/mol. The summed E-state index contributed by atoms with van der Waals surface area (Å²) in [6, 6.07) is 12.4. The van der Waals surface area contributed by atoms with Gasteiger partial charge in [-0.2, -0.15) is 0 Å². The first-order chi connectivity index (χ1) is 14.4. The van der Waals surface area contributed by atoms with E-state index in [-0.39, 0.29) is 23.1 Å². The summed E-state index contributed by atoms with van der Waals surface area (Å²) in [5.74, 6) is 0.594. The lowest BCUT2D eigenvalue weighted by atomic mass is 9.71. The smallest absolute Gasteiger partial charge is 0.264 e. The van der Waals surface area contributed by atoms with E-state index in [1.807, 2.05) is 29.3 Å². The number of carbonyl (C=O) groups excluding carboxylic acids is 2. The van der Waals surface area contributed by atoms with E-state index in [2.05, 4.69) is 48.3 Å². The largest absolute Gasteiger partial charge is 0.356 e. The first-order valence-corrected chi connectivity index (χ1v) is 11.6. The Balaban J connectivity index is 1.48. The standard InChI is InChI=1S/C24H31N3O2S/c1-17(2)11-25-22(28)20-13-26(12-19-7-5-4-6-8-19)14-24(20)15-27(16-24)23(29)21-18(3)9-10-30-21/h4-10,17,20H,11-16H2,1-3H3,(H,25,28). The SMILES string of the molecule is Cc1ccsc1C(=O)N1CC2(CN(Cc3ccccc3)CC2C(=O)NCC(C)C)C1. The second kappa shape index (κ2) is 8.52. The molecule has 6 heteroatoms. The van der Waals surface area contributed by atoms with Gasteiger partial charge < -0.3 is 10.2 Å². The highest BCUT2D eigenvalue weighted by Gasteiger charge is 2.57. The van der Waals surface area contributed by atoms with Crippen molar-refractivity contribution in [2.75, 3.05) is 32.7 Å². The van der Waals surface area contributed by atoms with Gasteiger partial charge in [0.2, 0.25) is 5.91 Å². The molecule has 1 aromatic carbocycles. The monoisotopic (exact) mass is 425 g/mol. The van der Waals surface area contributed by atoms with Crippen molar-refractivity contribution in [3.8, 4) is 0 Å². The molecule has 160 valence electrons. The van der Waals surface area contributed by atoms with Gasteiger partial charge in [0.15, 0.2) is 0 Å². The Hall–Kier alpha value is -2.18. The number of thiophene rings is 1. The van der Waals surface area contributed by atoms with E-state index < -0.39 is 0 Å². The average molecular weight is 426 g/mol. The van der Waals surface area contributed by atoms with Crippen LogP contribution in [0.1, 0.15) is 34.6 Å². The molecule has 0 radical (unpaired) electrons. The van der Waals surface area contributed by atoms with E-state index in [0.717, 1.165) is 30.1 Å². The van der Waals surface area contributed by atoms with Crippen molar-refractivity contribution in [1.82, 2.24) is 15.1 Å². The molecular weight excluding hydrogens is 394 g/mol. The molecule has 2 amide bonds. The summed E-state index contributed by atoms with van der Waals surface area (Å²) in [5, 5.41) is 5.12. The number of likely N-dealkylation sites (tertiary alicyclic amines) is 2. The second-order valence-electron chi connectivity index (χ2n) is 9.30. The number of hydrogen-bond donors (Lipinski definition) is 1. The first kappa shape index (κ1) is 21.1. The van der Waals surface area contributed by atoms with Crippen molar-refractivity contribution in [3.63, 3.8) is 0 Å². The fraction of sp³-hybridized carbons (Fsp3) is 0.500. The van der Waals surface area contributed by atoms with Crippen LogP contribution in [-0.4, -0.2) is 54.3 Å². The van der Waals surface area contributed by atoms with Gasteiger partial charge in [-0.25, -0.2) is 0 Å². The number of rotatable bonds is 6. The van der Waals surface area contributed by atoms with Crippen LogP contribution in [0.4, 0.5) is 0 Å². The number of benzene rings is 1. The number of nitrogens with zero attached hydrogens (tertiary/aromatic N) is 2. The molecule has 2 aliphatic heterocycles. The van der Waals surface area contributed by atoms with E-state index in [9.17, 15) is 9.59 Å². The Morgan fingerprint density at radius 3 is 2.53 bits per heavy atom. The lowest BCUT2D eigenvalue weighted by Gasteiger charge is -2.50. The van der Waals surface area contributed by atoms with Gasteiger partial charge in [0.25, 0.3) is 5.91 Å². The third kappa shape index (κ3) is 4.16. The van der Waals surface area contributed by atoms with Gasteiger partial charge in [-0.3, -0.25) is 14.5 Å². The highest BCUT2D eigenvalue weighted by molar-refractivity contribution is 7.12. The minimum atomic E-state index is -0.142. The zero-order valence-corrected chi connectivity index (χ0v) is 18.9. The molecule has 2 aliphatic rings. The number of hydrogen-bond acceptors (Lipinski definition) is 4. The Bertz CT molecular complexity index is 902. The Kier molecular flexibility index (Phi) is 5.98. The molecule has 1 aromatic heterocycles. The van der Waals surface area contributed by atoms with Crippen LogP contribution in [0.5, 0.6) is 0 Å². The van der Waals surface area contributed by atoms with E-state index in [4.69, 9.17) is 0 Å². The molecule has 3 heterocycles. The number of amides is 2. The number of aryl methyl sites for hydroxylation is 1. The number of carbonyl (C=O) groups is 2. The fourth-order valence-electron chi connectivity index (χ4n) is 4.74. The lowest BCUT2D eigenvalue weighted by molar-refractivity contribution is -0.131. The van der Waals surface area contributed by atoms with Gasteiger partial charge in [0.1, 0.15) is 0 Å². The molecule has 0 bridgehead atoms. The van der Waals surface area contributed by atoms with E-state index in [1.165, 1.54) is 16.9 Å². The van der Waals surface area contributed by atoms with Gasteiger partial charge in [0.05, 0.1) is 10.8 Å². The van der Waals surface area contributed by atoms with Crippen LogP contribution < -0.4 is 5.32 Å². The summed E-state index contributed by atoms with van der Waals surface area (Å²) in [5.41, 5.74) is 2.16. The van der Waals surface area contributed by atoms with Crippen molar-refractivity contribution in [2.45, 2.75) is 27.3 Å². The summed E-state index contributed by atoms with van der Waals surface area (Å²) in [7, 11) is 0. The molecule has 1 N–H and O–H groups in total. The maximum absolute atomic E-state index is 13.1. The van der Waals surface area contributed by atoms with Crippen LogP contribution >= 0.6 is 11.3 Å². The Morgan fingerprint density at radius 1 is 1.17 bits per heavy atom. The maximum Gasteiger partial charge on any atom is 0.264 e. The van der Waals surface area contributed by atoms with E-state index in [1.54, 1.807) is 0 Å². The average Bonchev–Trinajstić information content (AvgIpc) is 3.29. The molecule has 1 unspecified atom stereocenters. The first-order valence-electron chi connectivity index (χ1n) is 10.8. The summed E-state index contributed by atoms with van der Waals surface area (Å²) >= 11 is 1.51. The number of nitrogens with one attached hydrogen (secondary N) is 1. The predicted octanol–water partition coefficient (Wildman–Crippen LogP) is 3.40. The van der Waals surface area contributed by atoms with Crippen LogP contribution in [0.3, 0.4) is 0 Å².